The molecule has 2 bridgehead atoms. The van der Waals surface area contributed by atoms with Crippen molar-refractivity contribution in [3.8, 4) is 0 Å². The van der Waals surface area contributed by atoms with Crippen molar-refractivity contribution in [3.63, 3.8) is 0 Å². The molecule has 4 heterocycles. The highest BCUT2D eigenvalue weighted by atomic mass is 16.7. The van der Waals surface area contributed by atoms with Crippen molar-refractivity contribution in [1.29, 1.82) is 0 Å². The number of hydrogen-bond acceptors (Lipinski definition) is 6. The van der Waals surface area contributed by atoms with Gasteiger partial charge in [-0.25, -0.2) is 9.59 Å². The summed E-state index contributed by atoms with van der Waals surface area (Å²) in [6.07, 6.45) is 7.42. The standard InChI is InChI=1S/C13H15N3O.C4H4O4/c1-2-6-14-10(3-1)11-8-13(17-16-11)7-9-4-5-12(13)15-9;5-3(6)1-2-4(7)8/h1-3,6,9,12,15H,4-5,7-8H2;1-2H,(H,5,6)(H,7,8)/b;2-1+/t9-,12+,13+;/m0./s1. The molecule has 1 aromatic rings. The molecule has 3 aliphatic rings. The number of aromatic nitrogens is 1. The van der Waals surface area contributed by atoms with Gasteiger partial charge in [0, 0.05) is 37.2 Å². The van der Waals surface area contributed by atoms with Crippen LogP contribution in [-0.2, 0) is 14.4 Å². The highest BCUT2D eigenvalue weighted by Gasteiger charge is 2.56. The Hall–Kier alpha value is -2.74. The average molecular weight is 345 g/mol. The van der Waals surface area contributed by atoms with Crippen molar-refractivity contribution in [2.75, 3.05) is 0 Å². The fraction of sp³-hybridized carbons (Fsp3) is 0.412. The zero-order valence-corrected chi connectivity index (χ0v) is 13.5. The number of nitrogens with one attached hydrogen (secondary N) is 1. The Balaban J connectivity index is 0.000000197. The third-order valence-corrected chi connectivity index (χ3v) is 4.60. The predicted octanol–water partition coefficient (Wildman–Crippen LogP) is 1.18. The summed E-state index contributed by atoms with van der Waals surface area (Å²) in [6, 6.07) is 7.04. The normalized spacial score (nSPS) is 29.2. The molecule has 2 saturated heterocycles. The van der Waals surface area contributed by atoms with Crippen LogP contribution in [0.4, 0.5) is 0 Å². The zero-order valence-electron chi connectivity index (χ0n) is 13.5. The van der Waals surface area contributed by atoms with E-state index >= 15 is 0 Å². The predicted molar refractivity (Wildman–Crippen MR) is 88.2 cm³/mol. The van der Waals surface area contributed by atoms with E-state index in [0.29, 0.717) is 24.2 Å². The van der Waals surface area contributed by atoms with Crippen molar-refractivity contribution in [1.82, 2.24) is 10.3 Å². The first-order chi connectivity index (χ1) is 12.0. The van der Waals surface area contributed by atoms with E-state index < -0.39 is 11.9 Å². The number of aliphatic carboxylic acids is 2. The minimum atomic E-state index is -1.26. The van der Waals surface area contributed by atoms with Gasteiger partial charge < -0.3 is 20.4 Å². The number of rotatable bonds is 3. The molecule has 3 atom stereocenters. The van der Waals surface area contributed by atoms with Gasteiger partial charge in [-0.3, -0.25) is 4.98 Å². The van der Waals surface area contributed by atoms with Crippen LogP contribution in [-0.4, -0.2) is 50.5 Å². The molecule has 0 aliphatic carbocycles. The summed E-state index contributed by atoms with van der Waals surface area (Å²) in [5, 5.41) is 23.5. The summed E-state index contributed by atoms with van der Waals surface area (Å²) in [6.45, 7) is 0. The molecule has 0 amide bonds. The molecule has 132 valence electrons. The molecule has 0 unspecified atom stereocenters. The third kappa shape index (κ3) is 3.85. The number of oxime groups is 1. The van der Waals surface area contributed by atoms with Crippen LogP contribution in [0.1, 0.15) is 31.4 Å². The quantitative estimate of drug-likeness (QED) is 0.703. The monoisotopic (exact) mass is 345 g/mol. The lowest BCUT2D eigenvalue weighted by atomic mass is 9.81. The van der Waals surface area contributed by atoms with Crippen LogP contribution in [0.15, 0.2) is 41.7 Å². The minimum absolute atomic E-state index is 0.0736. The SMILES string of the molecule is O=C(O)/C=C/C(=O)O.c1ccc(C2=NO[C@@]3(C2)C[C@@H]2CC[C@H]3N2)nc1. The summed E-state index contributed by atoms with van der Waals surface area (Å²) in [5.41, 5.74) is 1.88. The van der Waals surface area contributed by atoms with Gasteiger partial charge in [0.1, 0.15) is 5.71 Å². The van der Waals surface area contributed by atoms with E-state index in [1.165, 1.54) is 12.8 Å². The second kappa shape index (κ2) is 7.02. The van der Waals surface area contributed by atoms with Gasteiger partial charge in [-0.2, -0.15) is 0 Å². The number of hydrogen-bond donors (Lipinski definition) is 3. The molecule has 4 rings (SSSR count). The maximum Gasteiger partial charge on any atom is 0.328 e. The van der Waals surface area contributed by atoms with E-state index in [-0.39, 0.29) is 5.60 Å². The van der Waals surface area contributed by atoms with E-state index in [9.17, 15) is 9.59 Å². The number of carbonyl (C=O) groups is 2. The van der Waals surface area contributed by atoms with Crippen molar-refractivity contribution in [2.45, 2.75) is 43.4 Å². The maximum atomic E-state index is 9.55. The van der Waals surface area contributed by atoms with Gasteiger partial charge in [0.25, 0.3) is 0 Å². The van der Waals surface area contributed by atoms with Gasteiger partial charge in [-0.15, -0.1) is 0 Å². The van der Waals surface area contributed by atoms with Crippen molar-refractivity contribution in [2.24, 2.45) is 5.16 Å². The molecule has 3 N–H and O–H groups in total. The second-order valence-electron chi connectivity index (χ2n) is 6.29. The van der Waals surface area contributed by atoms with E-state index in [0.717, 1.165) is 24.2 Å². The Bertz CT molecular complexity index is 702. The van der Waals surface area contributed by atoms with Crippen LogP contribution in [0.5, 0.6) is 0 Å². The lowest BCUT2D eigenvalue weighted by molar-refractivity contribution is -0.134. The van der Waals surface area contributed by atoms with E-state index in [2.05, 4.69) is 15.5 Å². The van der Waals surface area contributed by atoms with Crippen LogP contribution in [0.25, 0.3) is 0 Å². The van der Waals surface area contributed by atoms with Gasteiger partial charge in [0.15, 0.2) is 5.60 Å². The van der Waals surface area contributed by atoms with Crippen LogP contribution in [0.3, 0.4) is 0 Å². The molecular weight excluding hydrogens is 326 g/mol. The Morgan fingerprint density at radius 3 is 2.52 bits per heavy atom. The Labute approximate surface area is 144 Å². The Kier molecular flexibility index (Phi) is 4.80. The number of carboxylic acids is 2. The molecule has 1 aromatic heterocycles. The summed E-state index contributed by atoms with van der Waals surface area (Å²) in [5.74, 6) is -2.51. The highest BCUT2D eigenvalue weighted by Crippen LogP contribution is 2.44. The molecule has 8 nitrogen and oxygen atoms in total. The van der Waals surface area contributed by atoms with Crippen molar-refractivity contribution < 1.29 is 24.6 Å². The van der Waals surface area contributed by atoms with Crippen LogP contribution in [0, 0.1) is 0 Å². The Morgan fingerprint density at radius 2 is 2.00 bits per heavy atom. The summed E-state index contributed by atoms with van der Waals surface area (Å²) < 4.78 is 0. The maximum absolute atomic E-state index is 9.55. The number of carboxylic acid groups (broad SMARTS) is 2. The number of fused-ring (bicyclic) bond motifs is 3. The van der Waals surface area contributed by atoms with Gasteiger partial charge in [-0.05, 0) is 25.0 Å². The number of nitrogens with zero attached hydrogens (tertiary/aromatic N) is 2. The van der Waals surface area contributed by atoms with Crippen LogP contribution in [0.2, 0.25) is 0 Å². The Morgan fingerprint density at radius 1 is 1.24 bits per heavy atom. The van der Waals surface area contributed by atoms with Crippen molar-refractivity contribution >= 4 is 17.7 Å². The van der Waals surface area contributed by atoms with Gasteiger partial charge >= 0.3 is 11.9 Å². The lowest BCUT2D eigenvalue weighted by Crippen LogP contribution is -2.42. The third-order valence-electron chi connectivity index (χ3n) is 4.60. The molecular formula is C17H19N3O5. The molecule has 8 heteroatoms. The molecule has 2 fully saturated rings. The molecule has 0 saturated carbocycles. The van der Waals surface area contributed by atoms with Gasteiger partial charge in [0.05, 0.1) is 11.7 Å². The highest BCUT2D eigenvalue weighted by molar-refractivity contribution is 6.00. The summed E-state index contributed by atoms with van der Waals surface area (Å²) in [7, 11) is 0. The second-order valence-corrected chi connectivity index (χ2v) is 6.29. The molecule has 3 aliphatic heterocycles. The smallest absolute Gasteiger partial charge is 0.328 e. The average Bonchev–Trinajstić information content (AvgIpc) is 3.31. The first-order valence-corrected chi connectivity index (χ1v) is 8.05. The molecule has 25 heavy (non-hydrogen) atoms. The fourth-order valence-corrected chi connectivity index (χ4v) is 3.56. The zero-order chi connectivity index (χ0) is 17.9. The van der Waals surface area contributed by atoms with E-state index in [1.54, 1.807) is 0 Å². The summed E-state index contributed by atoms with van der Waals surface area (Å²) in [4.78, 5) is 29.2. The van der Waals surface area contributed by atoms with Crippen LogP contribution >= 0.6 is 0 Å². The first kappa shape index (κ1) is 17.1. The van der Waals surface area contributed by atoms with E-state index in [4.69, 9.17) is 15.1 Å². The molecule has 0 aromatic carbocycles. The fourth-order valence-electron chi connectivity index (χ4n) is 3.56. The summed E-state index contributed by atoms with van der Waals surface area (Å²) >= 11 is 0. The molecule has 0 radical (unpaired) electrons. The lowest BCUT2D eigenvalue weighted by Gasteiger charge is -2.29. The van der Waals surface area contributed by atoms with Gasteiger partial charge in [-0.1, -0.05) is 11.2 Å². The van der Waals surface area contributed by atoms with Crippen molar-refractivity contribution in [3.05, 3.63) is 42.2 Å². The minimum Gasteiger partial charge on any atom is -0.478 e. The first-order valence-electron chi connectivity index (χ1n) is 8.05. The molecule has 1 spiro atoms. The van der Waals surface area contributed by atoms with Crippen LogP contribution < -0.4 is 5.32 Å². The topological polar surface area (TPSA) is 121 Å². The van der Waals surface area contributed by atoms with E-state index in [1.807, 2.05) is 24.4 Å². The van der Waals surface area contributed by atoms with Gasteiger partial charge in [0.2, 0.25) is 0 Å². The largest absolute Gasteiger partial charge is 0.478 e. The number of pyridine rings is 1.